The van der Waals surface area contributed by atoms with Gasteiger partial charge in [-0.2, -0.15) is 0 Å². The van der Waals surface area contributed by atoms with Crippen LogP contribution in [0.4, 0.5) is 0 Å². The average Bonchev–Trinajstić information content (AvgIpc) is 3.39. The van der Waals surface area contributed by atoms with Gasteiger partial charge in [0, 0.05) is 19.3 Å². The maximum atomic E-state index is 12.9. The Morgan fingerprint density at radius 1 is 0.274 bits per heavy atom. The van der Waals surface area contributed by atoms with Crippen LogP contribution < -0.4 is 0 Å². The van der Waals surface area contributed by atoms with Gasteiger partial charge in [0.2, 0.25) is 0 Å². The fourth-order valence-corrected chi connectivity index (χ4v) is 10.0. The van der Waals surface area contributed by atoms with Gasteiger partial charge in [0.15, 0.2) is 6.10 Å². The molecule has 1 atom stereocenters. The Labute approximate surface area is 455 Å². The summed E-state index contributed by atoms with van der Waals surface area (Å²) in [6.07, 6.45) is 75.0. The standard InChI is InChI=1S/C67H126O6/c1-4-7-10-13-16-19-21-23-25-27-28-29-30-31-32-33-34-35-36-37-38-40-41-43-45-48-51-54-57-60-66(69)72-63-64(62-71-65(68)59-56-53-50-47-18-15-12-9-6-3)73-67(70)61-58-55-52-49-46-44-42-39-26-24-22-20-17-14-11-8-5-2/h17,20,24,26,64H,4-16,18-19,21-23,25,27-63H2,1-3H3/b20-17-,26-24-. The summed E-state index contributed by atoms with van der Waals surface area (Å²) < 4.78 is 16.9. The van der Waals surface area contributed by atoms with E-state index in [9.17, 15) is 14.4 Å². The summed E-state index contributed by atoms with van der Waals surface area (Å²) >= 11 is 0. The molecule has 0 aliphatic heterocycles. The molecule has 0 aromatic carbocycles. The van der Waals surface area contributed by atoms with Crippen molar-refractivity contribution in [2.75, 3.05) is 13.2 Å². The molecular formula is C67H126O6. The van der Waals surface area contributed by atoms with E-state index in [0.717, 1.165) is 70.6 Å². The summed E-state index contributed by atoms with van der Waals surface area (Å²) in [5, 5.41) is 0. The van der Waals surface area contributed by atoms with Crippen LogP contribution in [0, 0.1) is 0 Å². The molecule has 73 heavy (non-hydrogen) atoms. The predicted octanol–water partition coefficient (Wildman–Crippen LogP) is 22.2. The molecule has 0 radical (unpaired) electrons. The van der Waals surface area contributed by atoms with E-state index in [2.05, 4.69) is 45.1 Å². The van der Waals surface area contributed by atoms with Crippen molar-refractivity contribution >= 4 is 17.9 Å². The molecule has 0 saturated carbocycles. The van der Waals surface area contributed by atoms with Gasteiger partial charge in [0.1, 0.15) is 13.2 Å². The van der Waals surface area contributed by atoms with Crippen LogP contribution in [-0.4, -0.2) is 37.2 Å². The second kappa shape index (κ2) is 62.4. The molecule has 0 saturated heterocycles. The number of hydrogen-bond donors (Lipinski definition) is 0. The lowest BCUT2D eigenvalue weighted by molar-refractivity contribution is -0.167. The lowest BCUT2D eigenvalue weighted by Crippen LogP contribution is -2.30. The molecule has 6 heteroatoms. The first kappa shape index (κ1) is 70.9. The van der Waals surface area contributed by atoms with E-state index in [4.69, 9.17) is 14.2 Å². The highest BCUT2D eigenvalue weighted by atomic mass is 16.6. The third-order valence-corrected chi connectivity index (χ3v) is 15.0. The third-order valence-electron chi connectivity index (χ3n) is 15.0. The van der Waals surface area contributed by atoms with Crippen LogP contribution in [0.15, 0.2) is 24.3 Å². The molecule has 430 valence electrons. The Balaban J connectivity index is 4.07. The number of esters is 3. The summed E-state index contributed by atoms with van der Waals surface area (Å²) in [6, 6.07) is 0. The van der Waals surface area contributed by atoms with Crippen LogP contribution in [0.25, 0.3) is 0 Å². The summed E-state index contributed by atoms with van der Waals surface area (Å²) in [5.74, 6) is -0.856. The summed E-state index contributed by atoms with van der Waals surface area (Å²) in [5.41, 5.74) is 0. The van der Waals surface area contributed by atoms with Gasteiger partial charge in [-0.15, -0.1) is 0 Å². The largest absolute Gasteiger partial charge is 0.462 e. The molecule has 0 aromatic heterocycles. The Kier molecular flexibility index (Phi) is 60.6. The van der Waals surface area contributed by atoms with Gasteiger partial charge in [-0.3, -0.25) is 14.4 Å². The molecule has 0 spiro atoms. The van der Waals surface area contributed by atoms with Gasteiger partial charge in [0.25, 0.3) is 0 Å². The number of carbonyl (C=O) groups excluding carboxylic acids is 3. The number of carbonyl (C=O) groups is 3. The molecule has 0 rings (SSSR count). The minimum atomic E-state index is -0.770. The topological polar surface area (TPSA) is 78.9 Å². The van der Waals surface area contributed by atoms with E-state index in [-0.39, 0.29) is 31.1 Å². The first-order chi connectivity index (χ1) is 36.0. The maximum absolute atomic E-state index is 12.9. The molecule has 0 amide bonds. The molecular weight excluding hydrogens is 901 g/mol. The van der Waals surface area contributed by atoms with Crippen molar-refractivity contribution in [3.8, 4) is 0 Å². The van der Waals surface area contributed by atoms with Gasteiger partial charge >= 0.3 is 17.9 Å². The van der Waals surface area contributed by atoms with Crippen molar-refractivity contribution in [3.63, 3.8) is 0 Å². The molecule has 0 bridgehead atoms. The number of allylic oxidation sites excluding steroid dienone is 4. The molecule has 0 N–H and O–H groups in total. The second-order valence-corrected chi connectivity index (χ2v) is 22.4. The van der Waals surface area contributed by atoms with E-state index < -0.39 is 6.10 Å². The smallest absolute Gasteiger partial charge is 0.306 e. The van der Waals surface area contributed by atoms with Crippen LogP contribution >= 0.6 is 0 Å². The Morgan fingerprint density at radius 3 is 0.781 bits per heavy atom. The lowest BCUT2D eigenvalue weighted by atomic mass is 10.0. The number of ether oxygens (including phenoxy) is 3. The van der Waals surface area contributed by atoms with Crippen LogP contribution in [-0.2, 0) is 28.6 Å². The second-order valence-electron chi connectivity index (χ2n) is 22.4. The number of unbranched alkanes of at least 4 members (excludes halogenated alkanes) is 46. The molecule has 0 heterocycles. The molecule has 0 aliphatic rings. The van der Waals surface area contributed by atoms with Crippen molar-refractivity contribution < 1.29 is 28.6 Å². The predicted molar refractivity (Wildman–Crippen MR) is 316 cm³/mol. The zero-order valence-corrected chi connectivity index (χ0v) is 49.4. The van der Waals surface area contributed by atoms with Crippen molar-refractivity contribution in [2.24, 2.45) is 0 Å². The maximum Gasteiger partial charge on any atom is 0.306 e. The van der Waals surface area contributed by atoms with Gasteiger partial charge in [0.05, 0.1) is 0 Å². The summed E-state index contributed by atoms with van der Waals surface area (Å²) in [6.45, 7) is 6.65. The van der Waals surface area contributed by atoms with Crippen molar-refractivity contribution in [2.45, 2.75) is 374 Å². The van der Waals surface area contributed by atoms with E-state index in [1.165, 1.54) is 257 Å². The highest BCUT2D eigenvalue weighted by Gasteiger charge is 2.19. The molecule has 6 nitrogen and oxygen atoms in total. The van der Waals surface area contributed by atoms with Gasteiger partial charge in [-0.1, -0.05) is 321 Å². The average molecular weight is 1030 g/mol. The highest BCUT2D eigenvalue weighted by Crippen LogP contribution is 2.18. The fourth-order valence-electron chi connectivity index (χ4n) is 10.0. The number of hydrogen-bond acceptors (Lipinski definition) is 6. The minimum absolute atomic E-state index is 0.0691. The summed E-state index contributed by atoms with van der Waals surface area (Å²) in [4.78, 5) is 38.1. The van der Waals surface area contributed by atoms with Crippen LogP contribution in [0.2, 0.25) is 0 Å². The Hall–Kier alpha value is -2.11. The number of rotatable bonds is 61. The zero-order valence-electron chi connectivity index (χ0n) is 49.4. The normalized spacial score (nSPS) is 12.1. The monoisotopic (exact) mass is 1030 g/mol. The van der Waals surface area contributed by atoms with Crippen molar-refractivity contribution in [1.29, 1.82) is 0 Å². The highest BCUT2D eigenvalue weighted by molar-refractivity contribution is 5.71. The van der Waals surface area contributed by atoms with Gasteiger partial charge in [-0.05, 0) is 51.4 Å². The fraction of sp³-hybridized carbons (Fsp3) is 0.896. The summed E-state index contributed by atoms with van der Waals surface area (Å²) in [7, 11) is 0. The quantitative estimate of drug-likeness (QED) is 0.0261. The van der Waals surface area contributed by atoms with E-state index in [1.807, 2.05) is 0 Å². The molecule has 1 unspecified atom stereocenters. The Morgan fingerprint density at radius 2 is 0.493 bits per heavy atom. The zero-order chi connectivity index (χ0) is 52.9. The first-order valence-corrected chi connectivity index (χ1v) is 32.8. The van der Waals surface area contributed by atoms with E-state index in [0.29, 0.717) is 19.3 Å². The van der Waals surface area contributed by atoms with Crippen molar-refractivity contribution in [3.05, 3.63) is 24.3 Å². The van der Waals surface area contributed by atoms with Crippen molar-refractivity contribution in [1.82, 2.24) is 0 Å². The SMILES string of the molecule is CCCCC/C=C\C/C=C\CCCCCCCCCC(=O)OC(COC(=O)CCCCCCCCCCC)COC(=O)CCCCCCCCCCCCCCCCCCCCCCCCCCCCCCC. The Bertz CT molecular complexity index is 1180. The van der Waals surface area contributed by atoms with Gasteiger partial charge < -0.3 is 14.2 Å². The molecule has 0 aromatic rings. The van der Waals surface area contributed by atoms with Crippen LogP contribution in [0.3, 0.4) is 0 Å². The first-order valence-electron chi connectivity index (χ1n) is 32.8. The minimum Gasteiger partial charge on any atom is -0.462 e. The van der Waals surface area contributed by atoms with E-state index in [1.54, 1.807) is 0 Å². The van der Waals surface area contributed by atoms with Gasteiger partial charge in [-0.25, -0.2) is 0 Å². The third kappa shape index (κ3) is 60.6. The molecule has 0 aliphatic carbocycles. The molecule has 0 fully saturated rings. The lowest BCUT2D eigenvalue weighted by Gasteiger charge is -2.18. The van der Waals surface area contributed by atoms with Crippen LogP contribution in [0.1, 0.15) is 367 Å². The van der Waals surface area contributed by atoms with E-state index >= 15 is 0 Å². The van der Waals surface area contributed by atoms with Crippen LogP contribution in [0.5, 0.6) is 0 Å².